The molecule has 1 saturated carbocycles. The molecule has 1 spiro atoms. The first-order valence-corrected chi connectivity index (χ1v) is 10.8. The minimum Gasteiger partial charge on any atom is -0.392 e. The number of aliphatic hydroxyl groups is 1. The van der Waals surface area contributed by atoms with E-state index in [1.54, 1.807) is 0 Å². The largest absolute Gasteiger partial charge is 0.392 e. The summed E-state index contributed by atoms with van der Waals surface area (Å²) in [6, 6.07) is 9.74. The summed E-state index contributed by atoms with van der Waals surface area (Å²) in [5, 5.41) is 10.3. The first-order valence-electron chi connectivity index (χ1n) is 10.8. The lowest BCUT2D eigenvalue weighted by Crippen LogP contribution is -2.79. The van der Waals surface area contributed by atoms with Crippen LogP contribution >= 0.6 is 0 Å². The van der Waals surface area contributed by atoms with Gasteiger partial charge in [0.2, 0.25) is 5.92 Å². The van der Waals surface area contributed by atoms with Crippen LogP contribution in [0.1, 0.15) is 42.5 Å². The van der Waals surface area contributed by atoms with Crippen molar-refractivity contribution in [3.8, 4) is 0 Å². The van der Waals surface area contributed by atoms with Crippen molar-refractivity contribution in [2.75, 3.05) is 32.7 Å². The lowest BCUT2D eigenvalue weighted by atomic mass is 9.80. The number of amides is 1. The SMILES string of the molecule is O=C(c1ccccc1)N1CC2CC(O)CN2C2(C1)CN(C1CCC(F)(F)CC1)C2. The van der Waals surface area contributed by atoms with Gasteiger partial charge in [-0.05, 0) is 31.4 Å². The van der Waals surface area contributed by atoms with Gasteiger partial charge in [0.25, 0.3) is 5.91 Å². The van der Waals surface area contributed by atoms with E-state index in [4.69, 9.17) is 0 Å². The molecule has 2 unspecified atom stereocenters. The topological polar surface area (TPSA) is 47.0 Å². The zero-order valence-corrected chi connectivity index (χ0v) is 16.6. The van der Waals surface area contributed by atoms with Crippen molar-refractivity contribution >= 4 is 5.91 Å². The Morgan fingerprint density at radius 2 is 1.69 bits per heavy atom. The minimum absolute atomic E-state index is 0.0230. The number of β-amino-alcohol motifs (C(OH)–C–C–N with tert-alkyl or cyclic N) is 1. The number of fused-ring (bicyclic) bond motifs is 2. The highest BCUT2D eigenvalue weighted by Gasteiger charge is 2.58. The molecule has 1 amide bonds. The Morgan fingerprint density at radius 1 is 1.00 bits per heavy atom. The van der Waals surface area contributed by atoms with Crippen molar-refractivity contribution in [1.82, 2.24) is 14.7 Å². The molecule has 1 aliphatic carbocycles. The number of carbonyl (C=O) groups is 1. The third-order valence-electron chi connectivity index (χ3n) is 7.42. The molecule has 0 bridgehead atoms. The first-order chi connectivity index (χ1) is 13.9. The molecule has 4 aliphatic rings. The molecule has 7 heteroatoms. The van der Waals surface area contributed by atoms with Crippen LogP contribution in [0.2, 0.25) is 0 Å². The molecule has 5 nitrogen and oxygen atoms in total. The van der Waals surface area contributed by atoms with Crippen molar-refractivity contribution in [3.05, 3.63) is 35.9 Å². The summed E-state index contributed by atoms with van der Waals surface area (Å²) in [6.07, 6.45) is 1.38. The average Bonchev–Trinajstić information content (AvgIpc) is 3.06. The lowest BCUT2D eigenvalue weighted by Gasteiger charge is -2.63. The Balaban J connectivity index is 1.31. The fourth-order valence-corrected chi connectivity index (χ4v) is 5.97. The van der Waals surface area contributed by atoms with Crippen LogP contribution in [0.25, 0.3) is 0 Å². The van der Waals surface area contributed by atoms with E-state index < -0.39 is 5.92 Å². The molecule has 2 atom stereocenters. The van der Waals surface area contributed by atoms with Crippen LogP contribution in [-0.4, -0.2) is 88.1 Å². The van der Waals surface area contributed by atoms with Gasteiger partial charge in [0.1, 0.15) is 0 Å². The third kappa shape index (κ3) is 3.47. The zero-order valence-electron chi connectivity index (χ0n) is 16.6. The molecule has 5 rings (SSSR count). The smallest absolute Gasteiger partial charge is 0.253 e. The number of halogens is 2. The van der Waals surface area contributed by atoms with Crippen molar-refractivity contribution in [3.63, 3.8) is 0 Å². The van der Waals surface area contributed by atoms with Crippen molar-refractivity contribution in [1.29, 1.82) is 0 Å². The van der Waals surface area contributed by atoms with Gasteiger partial charge in [0, 0.05) is 63.2 Å². The number of hydrogen-bond acceptors (Lipinski definition) is 4. The van der Waals surface area contributed by atoms with Crippen molar-refractivity contribution in [2.24, 2.45) is 0 Å². The fourth-order valence-electron chi connectivity index (χ4n) is 5.97. The maximum atomic E-state index is 13.5. The molecule has 0 aromatic heterocycles. The van der Waals surface area contributed by atoms with Gasteiger partial charge in [-0.2, -0.15) is 0 Å². The predicted molar refractivity (Wildman–Crippen MR) is 105 cm³/mol. The van der Waals surface area contributed by atoms with Gasteiger partial charge >= 0.3 is 0 Å². The predicted octanol–water partition coefficient (Wildman–Crippen LogP) is 2.21. The highest BCUT2D eigenvalue weighted by atomic mass is 19.3. The lowest BCUT2D eigenvalue weighted by molar-refractivity contribution is -0.135. The Hall–Kier alpha value is -1.57. The van der Waals surface area contributed by atoms with Gasteiger partial charge in [0.15, 0.2) is 0 Å². The summed E-state index contributed by atoms with van der Waals surface area (Å²) in [4.78, 5) is 19.8. The van der Waals surface area contributed by atoms with Gasteiger partial charge < -0.3 is 10.0 Å². The molecule has 3 heterocycles. The van der Waals surface area contributed by atoms with Crippen molar-refractivity contribution < 1.29 is 18.7 Å². The van der Waals surface area contributed by atoms with Crippen LogP contribution in [0.15, 0.2) is 30.3 Å². The van der Waals surface area contributed by atoms with E-state index in [2.05, 4.69) is 9.80 Å². The van der Waals surface area contributed by atoms with Crippen LogP contribution < -0.4 is 0 Å². The van der Waals surface area contributed by atoms with Crippen LogP contribution in [-0.2, 0) is 0 Å². The number of aliphatic hydroxyl groups excluding tert-OH is 1. The number of piperazine rings is 1. The first kappa shape index (κ1) is 19.4. The number of alkyl halides is 2. The fraction of sp³-hybridized carbons (Fsp3) is 0.682. The number of hydrogen-bond donors (Lipinski definition) is 1. The number of likely N-dealkylation sites (tertiary alicyclic amines) is 1. The van der Waals surface area contributed by atoms with E-state index in [0.717, 1.165) is 13.1 Å². The Labute approximate surface area is 170 Å². The molecule has 1 N–H and O–H groups in total. The van der Waals surface area contributed by atoms with Crippen LogP contribution in [0, 0.1) is 0 Å². The maximum Gasteiger partial charge on any atom is 0.253 e. The summed E-state index contributed by atoms with van der Waals surface area (Å²) in [5.74, 6) is -2.46. The molecule has 1 aromatic carbocycles. The molecule has 3 saturated heterocycles. The van der Waals surface area contributed by atoms with E-state index >= 15 is 0 Å². The van der Waals surface area contributed by atoms with Crippen LogP contribution in [0.5, 0.6) is 0 Å². The quantitative estimate of drug-likeness (QED) is 0.820. The Morgan fingerprint density at radius 3 is 2.38 bits per heavy atom. The second-order valence-corrected chi connectivity index (χ2v) is 9.46. The summed E-state index contributed by atoms with van der Waals surface area (Å²) in [6.45, 7) is 3.52. The second kappa shape index (κ2) is 7.00. The number of rotatable bonds is 2. The normalized spacial score (nSPS) is 32.2. The molecule has 1 aromatic rings. The second-order valence-electron chi connectivity index (χ2n) is 9.46. The zero-order chi connectivity index (χ0) is 20.2. The van der Waals surface area contributed by atoms with E-state index in [9.17, 15) is 18.7 Å². The summed E-state index contributed by atoms with van der Waals surface area (Å²) in [5.41, 5.74) is 0.533. The van der Waals surface area contributed by atoms with Crippen molar-refractivity contribution in [2.45, 2.75) is 61.8 Å². The molecule has 29 heavy (non-hydrogen) atoms. The van der Waals surface area contributed by atoms with E-state index in [1.165, 1.54) is 0 Å². The number of carbonyl (C=O) groups excluding carboxylic acids is 1. The highest BCUT2D eigenvalue weighted by molar-refractivity contribution is 5.94. The summed E-state index contributed by atoms with van der Waals surface area (Å²) in [7, 11) is 0. The maximum absolute atomic E-state index is 13.5. The molecule has 0 radical (unpaired) electrons. The third-order valence-corrected chi connectivity index (χ3v) is 7.42. The Bertz CT molecular complexity index is 759. The molecular weight excluding hydrogens is 376 g/mol. The molecule has 4 fully saturated rings. The van der Waals surface area contributed by atoms with Gasteiger partial charge in [-0.3, -0.25) is 14.6 Å². The summed E-state index contributed by atoms with van der Waals surface area (Å²) >= 11 is 0. The molecule has 3 aliphatic heterocycles. The van der Waals surface area contributed by atoms with Crippen LogP contribution in [0.3, 0.4) is 0 Å². The Kier molecular flexibility index (Phi) is 4.68. The number of nitrogens with zero attached hydrogens (tertiary/aromatic N) is 3. The monoisotopic (exact) mass is 405 g/mol. The summed E-state index contributed by atoms with van der Waals surface area (Å²) < 4.78 is 27.1. The molecular formula is C22H29F2N3O2. The van der Waals surface area contributed by atoms with Gasteiger partial charge in [-0.15, -0.1) is 0 Å². The highest BCUT2D eigenvalue weighted by Crippen LogP contribution is 2.43. The van der Waals surface area contributed by atoms with E-state index in [1.807, 2.05) is 35.2 Å². The van der Waals surface area contributed by atoms with E-state index in [0.29, 0.717) is 44.5 Å². The van der Waals surface area contributed by atoms with Crippen LogP contribution in [0.4, 0.5) is 8.78 Å². The number of benzene rings is 1. The van der Waals surface area contributed by atoms with Gasteiger partial charge in [0.05, 0.1) is 11.6 Å². The average molecular weight is 405 g/mol. The van der Waals surface area contributed by atoms with E-state index in [-0.39, 0.29) is 42.5 Å². The molecule has 158 valence electrons. The standard InChI is InChI=1S/C22H29F2N3O2/c23-22(24)8-6-17(7-9-22)26-14-21(15-26)13-25(11-18-10-19(28)12-27(18)21)20(29)16-4-2-1-3-5-16/h1-5,17-19,28H,6-15H2. The minimum atomic E-state index is -2.51. The van der Waals surface area contributed by atoms with Gasteiger partial charge in [-0.25, -0.2) is 8.78 Å². The van der Waals surface area contributed by atoms with Gasteiger partial charge in [-0.1, -0.05) is 18.2 Å².